The molecule has 2 aliphatic carbocycles. The van der Waals surface area contributed by atoms with Gasteiger partial charge in [0.1, 0.15) is 24.4 Å². The third-order valence-corrected chi connectivity index (χ3v) is 7.79. The molecule has 0 aromatic rings. The van der Waals surface area contributed by atoms with Crippen molar-refractivity contribution in [3.8, 4) is 0 Å². The van der Waals surface area contributed by atoms with Gasteiger partial charge in [0.15, 0.2) is 11.9 Å². The molecule has 4 aliphatic rings. The van der Waals surface area contributed by atoms with E-state index in [1.54, 1.807) is 0 Å². The van der Waals surface area contributed by atoms with Gasteiger partial charge in [-0.05, 0) is 50.5 Å². The largest absolute Gasteiger partial charge is 0.479 e. The van der Waals surface area contributed by atoms with Gasteiger partial charge >= 0.3 is 5.97 Å². The molecule has 31 heavy (non-hydrogen) atoms. The summed E-state index contributed by atoms with van der Waals surface area (Å²) >= 11 is 0. The number of rotatable bonds is 5. The molecule has 176 valence electrons. The van der Waals surface area contributed by atoms with Crippen LogP contribution in [0.2, 0.25) is 0 Å². The molecular formula is C21H32O10. The molecule has 0 aromatic carbocycles. The second-order valence-electron chi connectivity index (χ2n) is 9.50. The van der Waals surface area contributed by atoms with Crippen LogP contribution < -0.4 is 0 Å². The van der Waals surface area contributed by atoms with Crippen LogP contribution in [-0.4, -0.2) is 98.8 Å². The molecule has 2 bridgehead atoms. The van der Waals surface area contributed by atoms with Crippen molar-refractivity contribution < 1.29 is 49.6 Å². The molecule has 6 N–H and O–H groups in total. The third-order valence-electron chi connectivity index (χ3n) is 7.79. The van der Waals surface area contributed by atoms with Crippen LogP contribution in [0.25, 0.3) is 0 Å². The van der Waals surface area contributed by atoms with E-state index in [0.29, 0.717) is 19.4 Å². The van der Waals surface area contributed by atoms with Crippen LogP contribution in [0.1, 0.15) is 39.0 Å². The molecule has 2 heterocycles. The molecule has 0 radical (unpaired) electrons. The highest BCUT2D eigenvalue weighted by molar-refractivity contribution is 5.78. The second kappa shape index (κ2) is 8.35. The van der Waals surface area contributed by atoms with E-state index in [4.69, 9.17) is 14.2 Å². The number of aliphatic hydroxyl groups excluding tert-OH is 4. The van der Waals surface area contributed by atoms with Gasteiger partial charge in [-0.3, -0.25) is 0 Å². The van der Waals surface area contributed by atoms with Crippen molar-refractivity contribution in [3.05, 3.63) is 11.1 Å². The van der Waals surface area contributed by atoms with Gasteiger partial charge in [0.2, 0.25) is 0 Å². The van der Waals surface area contributed by atoms with Gasteiger partial charge in [-0.2, -0.15) is 0 Å². The zero-order chi connectivity index (χ0) is 22.6. The van der Waals surface area contributed by atoms with Crippen molar-refractivity contribution in [2.24, 2.45) is 11.3 Å². The highest BCUT2D eigenvalue weighted by Crippen LogP contribution is 2.59. The van der Waals surface area contributed by atoms with Crippen LogP contribution in [0, 0.1) is 11.3 Å². The van der Waals surface area contributed by atoms with Gasteiger partial charge in [0.25, 0.3) is 0 Å². The fourth-order valence-corrected chi connectivity index (χ4v) is 5.85. The number of aliphatic hydroxyl groups is 5. The zero-order valence-electron chi connectivity index (χ0n) is 17.5. The lowest BCUT2D eigenvalue weighted by Crippen LogP contribution is -2.59. The average Bonchev–Trinajstić information content (AvgIpc) is 3.30. The van der Waals surface area contributed by atoms with Crippen LogP contribution in [-0.2, 0) is 19.0 Å². The van der Waals surface area contributed by atoms with E-state index in [-0.39, 0.29) is 24.4 Å². The molecule has 2 aliphatic heterocycles. The summed E-state index contributed by atoms with van der Waals surface area (Å²) < 4.78 is 16.9. The Bertz CT molecular complexity index is 738. The molecule has 0 aromatic heterocycles. The highest BCUT2D eigenvalue weighted by Gasteiger charge is 2.60. The molecule has 1 spiro atoms. The Hall–Kier alpha value is -1.11. The van der Waals surface area contributed by atoms with E-state index < -0.39 is 55.0 Å². The van der Waals surface area contributed by atoms with Crippen LogP contribution in [0.4, 0.5) is 0 Å². The summed E-state index contributed by atoms with van der Waals surface area (Å²) in [6.45, 7) is 1.91. The van der Waals surface area contributed by atoms with E-state index in [2.05, 4.69) is 0 Å². The Kier molecular flexibility index (Phi) is 6.21. The molecular weight excluding hydrogens is 412 g/mol. The standard InChI is InChI=1S/C21H32O10/c1-10(8-29-18-17(25)16(24)15(23)13(7-22)31-18)11-2-4-20-6-14(30-9-20)21(28,19(26)27)5-3-12(11)20/h12-18,22-25,28H,2-9H2,1H3,(H,26,27)/b11-10+/t12-,13-,14-,15+,16+,17-,18-,20-,21+/m0/s1. The summed E-state index contributed by atoms with van der Waals surface area (Å²) in [6, 6.07) is 0. The topological polar surface area (TPSA) is 166 Å². The van der Waals surface area contributed by atoms with E-state index in [1.807, 2.05) is 6.92 Å². The summed E-state index contributed by atoms with van der Waals surface area (Å²) in [7, 11) is 0. The van der Waals surface area contributed by atoms with Crippen LogP contribution in [0.3, 0.4) is 0 Å². The Morgan fingerprint density at radius 2 is 1.94 bits per heavy atom. The summed E-state index contributed by atoms with van der Waals surface area (Å²) in [4.78, 5) is 11.7. The third kappa shape index (κ3) is 3.72. The fourth-order valence-electron chi connectivity index (χ4n) is 5.85. The maximum absolute atomic E-state index is 11.7. The van der Waals surface area contributed by atoms with Crippen LogP contribution in [0.5, 0.6) is 0 Å². The smallest absolute Gasteiger partial charge is 0.338 e. The van der Waals surface area contributed by atoms with Gasteiger partial charge in [0.05, 0.1) is 25.9 Å². The average molecular weight is 444 g/mol. The van der Waals surface area contributed by atoms with Crippen molar-refractivity contribution >= 4 is 5.97 Å². The number of hydrogen-bond donors (Lipinski definition) is 6. The molecule has 4 rings (SSSR count). The predicted molar refractivity (Wildman–Crippen MR) is 104 cm³/mol. The summed E-state index contributed by atoms with van der Waals surface area (Å²) in [6.07, 6.45) is -4.53. The number of carbonyl (C=O) groups is 1. The minimum absolute atomic E-state index is 0.0734. The number of hydrogen-bond acceptors (Lipinski definition) is 9. The number of carboxylic acids is 1. The van der Waals surface area contributed by atoms with Crippen molar-refractivity contribution in [2.45, 2.75) is 81.4 Å². The predicted octanol–water partition coefficient (Wildman–Crippen LogP) is -1.09. The summed E-state index contributed by atoms with van der Waals surface area (Å²) in [5.41, 5.74) is -0.00386. The number of carboxylic acid groups (broad SMARTS) is 1. The number of ether oxygens (including phenoxy) is 3. The Labute approximate surface area is 180 Å². The SMILES string of the molecule is C/C(CO[C@H]1O[C@@H](CO)[C@@H](O)[C@@H](O)[C@@H]1O)=C1/CC[C@@]23CO[C@@H](C2)[C@@](O)(C(=O)O)CC[C@@H]13. The first-order valence-electron chi connectivity index (χ1n) is 10.8. The first-order valence-corrected chi connectivity index (χ1v) is 10.8. The lowest BCUT2D eigenvalue weighted by atomic mass is 9.74. The van der Waals surface area contributed by atoms with Crippen molar-refractivity contribution in [1.29, 1.82) is 0 Å². The molecule has 4 fully saturated rings. The number of fused-ring (bicyclic) bond motifs is 1. The summed E-state index contributed by atoms with van der Waals surface area (Å²) in [5.74, 6) is -1.17. The van der Waals surface area contributed by atoms with Gasteiger partial charge < -0.3 is 44.8 Å². The number of allylic oxidation sites excluding steroid dienone is 1. The van der Waals surface area contributed by atoms with Crippen molar-refractivity contribution in [1.82, 2.24) is 0 Å². The molecule has 0 amide bonds. The van der Waals surface area contributed by atoms with Gasteiger partial charge in [0, 0.05) is 5.41 Å². The van der Waals surface area contributed by atoms with Crippen molar-refractivity contribution in [2.75, 3.05) is 19.8 Å². The normalized spacial score (nSPS) is 48.9. The quantitative estimate of drug-likeness (QED) is 0.287. The Balaban J connectivity index is 1.48. The maximum Gasteiger partial charge on any atom is 0.338 e. The summed E-state index contributed by atoms with van der Waals surface area (Å²) in [5, 5.41) is 59.6. The van der Waals surface area contributed by atoms with Crippen molar-refractivity contribution in [3.63, 3.8) is 0 Å². The number of aliphatic carboxylic acids is 1. The second-order valence-corrected chi connectivity index (χ2v) is 9.50. The minimum Gasteiger partial charge on any atom is -0.479 e. The Morgan fingerprint density at radius 3 is 2.61 bits per heavy atom. The minimum atomic E-state index is -1.88. The van der Waals surface area contributed by atoms with E-state index in [1.165, 1.54) is 0 Å². The van der Waals surface area contributed by atoms with E-state index in [9.17, 15) is 35.4 Å². The lowest BCUT2D eigenvalue weighted by molar-refractivity contribution is -0.299. The van der Waals surface area contributed by atoms with Gasteiger partial charge in [-0.1, -0.05) is 5.57 Å². The van der Waals surface area contributed by atoms with E-state index in [0.717, 1.165) is 24.0 Å². The lowest BCUT2D eigenvalue weighted by Gasteiger charge is -2.39. The van der Waals surface area contributed by atoms with Gasteiger partial charge in [-0.15, -0.1) is 0 Å². The van der Waals surface area contributed by atoms with Crippen LogP contribution >= 0.6 is 0 Å². The maximum atomic E-state index is 11.7. The highest BCUT2D eigenvalue weighted by atomic mass is 16.7. The first kappa shape index (κ1) is 23.1. The molecule has 10 nitrogen and oxygen atoms in total. The molecule has 2 saturated heterocycles. The molecule has 10 heteroatoms. The monoisotopic (exact) mass is 444 g/mol. The van der Waals surface area contributed by atoms with Gasteiger partial charge in [-0.25, -0.2) is 4.79 Å². The fraction of sp³-hybridized carbons (Fsp3) is 0.857. The first-order chi connectivity index (χ1) is 14.6. The van der Waals surface area contributed by atoms with Crippen LogP contribution in [0.15, 0.2) is 11.1 Å². The molecule has 9 atom stereocenters. The molecule has 0 unspecified atom stereocenters. The van der Waals surface area contributed by atoms with E-state index >= 15 is 0 Å². The Morgan fingerprint density at radius 1 is 1.19 bits per heavy atom. The molecule has 2 saturated carbocycles. The zero-order valence-corrected chi connectivity index (χ0v) is 17.5.